The van der Waals surface area contributed by atoms with Crippen LogP contribution >= 0.6 is 23.6 Å². The van der Waals surface area contributed by atoms with E-state index in [-0.39, 0.29) is 11.9 Å². The van der Waals surface area contributed by atoms with E-state index in [9.17, 15) is 4.79 Å². The van der Waals surface area contributed by atoms with E-state index in [1.165, 1.54) is 11.3 Å². The van der Waals surface area contributed by atoms with Gasteiger partial charge >= 0.3 is 0 Å². The maximum atomic E-state index is 12.7. The van der Waals surface area contributed by atoms with Gasteiger partial charge in [-0.05, 0) is 51.0 Å². The molecule has 0 saturated carbocycles. The third-order valence-corrected chi connectivity index (χ3v) is 5.40. The lowest BCUT2D eigenvalue weighted by Crippen LogP contribution is -2.32. The van der Waals surface area contributed by atoms with E-state index in [1.807, 2.05) is 36.9 Å². The number of aromatic amines is 1. The molecular weight excluding hydrogens is 314 g/mol. The normalized spacial score (nSPS) is 17.9. The zero-order valence-electron chi connectivity index (χ0n) is 12.8. The Hall–Kier alpha value is -1.53. The number of aromatic nitrogens is 2. The molecule has 1 aliphatic rings. The van der Waals surface area contributed by atoms with Crippen molar-refractivity contribution >= 4 is 29.5 Å². The molecular formula is C16H19N3OS2. The number of pyridine rings is 1. The minimum absolute atomic E-state index is 0.111. The topological polar surface area (TPSA) is 49.0 Å². The fraction of sp³-hybridized carbons (Fsp3) is 0.438. The lowest BCUT2D eigenvalue weighted by Gasteiger charge is -2.24. The van der Waals surface area contributed by atoms with E-state index < -0.39 is 0 Å². The molecule has 116 valence electrons. The second-order valence-corrected chi connectivity index (χ2v) is 7.46. The fourth-order valence-electron chi connectivity index (χ4n) is 2.97. The molecule has 4 nitrogen and oxygen atoms in total. The van der Waals surface area contributed by atoms with Crippen molar-refractivity contribution in [2.24, 2.45) is 0 Å². The minimum atomic E-state index is 0.111. The van der Waals surface area contributed by atoms with Gasteiger partial charge < -0.3 is 9.88 Å². The van der Waals surface area contributed by atoms with Gasteiger partial charge in [0.05, 0.1) is 18.2 Å². The van der Waals surface area contributed by atoms with E-state index in [4.69, 9.17) is 12.2 Å². The first-order valence-corrected chi connectivity index (χ1v) is 8.68. The number of hydrogen-bond donors (Lipinski definition) is 1. The molecule has 0 radical (unpaired) electrons. The van der Waals surface area contributed by atoms with Gasteiger partial charge in [0.15, 0.2) is 3.95 Å². The van der Waals surface area contributed by atoms with Crippen LogP contribution in [0.15, 0.2) is 18.2 Å². The second-order valence-electron chi connectivity index (χ2n) is 5.69. The molecule has 0 aliphatic carbocycles. The summed E-state index contributed by atoms with van der Waals surface area (Å²) in [6, 6.07) is 6.13. The first-order valence-electron chi connectivity index (χ1n) is 7.46. The Morgan fingerprint density at radius 3 is 3.00 bits per heavy atom. The lowest BCUT2D eigenvalue weighted by molar-refractivity contribution is -0.131. The van der Waals surface area contributed by atoms with E-state index in [0.29, 0.717) is 6.42 Å². The molecule has 3 heterocycles. The Kier molecular flexibility index (Phi) is 4.40. The quantitative estimate of drug-likeness (QED) is 0.871. The predicted octanol–water partition coefficient (Wildman–Crippen LogP) is 3.72. The third-order valence-electron chi connectivity index (χ3n) is 4.06. The highest BCUT2D eigenvalue weighted by Gasteiger charge is 2.31. The molecule has 3 rings (SSSR count). The van der Waals surface area contributed by atoms with Crippen molar-refractivity contribution in [3.63, 3.8) is 0 Å². The molecule has 0 unspecified atom stereocenters. The smallest absolute Gasteiger partial charge is 0.228 e. The fourth-order valence-corrected chi connectivity index (χ4v) is 4.25. The maximum Gasteiger partial charge on any atom is 0.228 e. The summed E-state index contributed by atoms with van der Waals surface area (Å²) in [5, 5.41) is 0. The highest BCUT2D eigenvalue weighted by molar-refractivity contribution is 7.73. The molecule has 0 spiro atoms. The number of likely N-dealkylation sites (tertiary alicyclic amines) is 1. The summed E-state index contributed by atoms with van der Waals surface area (Å²) in [7, 11) is 0. The van der Waals surface area contributed by atoms with E-state index in [2.05, 4.69) is 9.97 Å². The molecule has 2 aromatic heterocycles. The summed E-state index contributed by atoms with van der Waals surface area (Å²) in [5.74, 6) is 0.166. The van der Waals surface area contributed by atoms with Crippen LogP contribution in [0.2, 0.25) is 0 Å². The van der Waals surface area contributed by atoms with Crippen LogP contribution in [0.4, 0.5) is 0 Å². The highest BCUT2D eigenvalue weighted by atomic mass is 32.1. The van der Waals surface area contributed by atoms with Gasteiger partial charge in [0.25, 0.3) is 0 Å². The molecule has 2 aromatic rings. The van der Waals surface area contributed by atoms with Crippen molar-refractivity contribution in [3.05, 3.63) is 44.1 Å². The third kappa shape index (κ3) is 3.13. The second kappa shape index (κ2) is 6.30. The van der Waals surface area contributed by atoms with Crippen molar-refractivity contribution in [2.75, 3.05) is 6.54 Å². The largest absolute Gasteiger partial charge is 0.341 e. The molecule has 1 aliphatic heterocycles. The van der Waals surface area contributed by atoms with Gasteiger partial charge in [0.2, 0.25) is 5.91 Å². The van der Waals surface area contributed by atoms with Crippen LogP contribution in [-0.2, 0) is 11.2 Å². The summed E-state index contributed by atoms with van der Waals surface area (Å²) >= 11 is 6.65. The first-order chi connectivity index (χ1) is 10.5. The lowest BCUT2D eigenvalue weighted by atomic mass is 10.1. The van der Waals surface area contributed by atoms with Crippen LogP contribution in [0.25, 0.3) is 0 Å². The summed E-state index contributed by atoms with van der Waals surface area (Å²) in [4.78, 5) is 23.4. The van der Waals surface area contributed by atoms with Crippen LogP contribution in [0.1, 0.15) is 40.8 Å². The van der Waals surface area contributed by atoms with E-state index in [0.717, 1.165) is 45.3 Å². The van der Waals surface area contributed by atoms with Crippen molar-refractivity contribution in [2.45, 2.75) is 39.2 Å². The molecule has 1 N–H and O–H groups in total. The van der Waals surface area contributed by atoms with Crippen molar-refractivity contribution in [1.29, 1.82) is 0 Å². The molecule has 1 saturated heterocycles. The number of thiazole rings is 1. The number of H-pyrrole nitrogens is 1. The van der Waals surface area contributed by atoms with Gasteiger partial charge in [0.1, 0.15) is 0 Å². The summed E-state index contributed by atoms with van der Waals surface area (Å²) in [5.41, 5.74) is 3.01. The molecule has 1 amide bonds. The maximum absolute atomic E-state index is 12.7. The molecule has 1 fully saturated rings. The van der Waals surface area contributed by atoms with Crippen LogP contribution in [-0.4, -0.2) is 27.3 Å². The SMILES string of the molecule is Cc1cccc([C@@H]2CCCN2C(=O)Cc2sc(=S)[nH]c2C)n1. The standard InChI is InChI=1S/C16H19N3OS2/c1-10-5-3-6-12(17-10)13-7-4-8-19(13)15(20)9-14-11(2)18-16(21)22-14/h3,5-6,13H,4,7-9H2,1-2H3,(H,18,21)/t13-/m0/s1. The van der Waals surface area contributed by atoms with Crippen LogP contribution < -0.4 is 0 Å². The van der Waals surface area contributed by atoms with Gasteiger partial charge in [-0.3, -0.25) is 9.78 Å². The number of carbonyl (C=O) groups excluding carboxylic acids is 1. The minimum Gasteiger partial charge on any atom is -0.341 e. The first kappa shape index (κ1) is 15.4. The Morgan fingerprint density at radius 2 is 2.32 bits per heavy atom. The average molecular weight is 333 g/mol. The van der Waals surface area contributed by atoms with E-state index in [1.54, 1.807) is 0 Å². The zero-order valence-corrected chi connectivity index (χ0v) is 14.4. The predicted molar refractivity (Wildman–Crippen MR) is 90.6 cm³/mol. The van der Waals surface area contributed by atoms with Gasteiger partial charge in [-0.25, -0.2) is 0 Å². The number of nitrogens with zero attached hydrogens (tertiary/aromatic N) is 2. The number of hydrogen-bond acceptors (Lipinski definition) is 4. The Labute approximate surface area is 139 Å². The Bertz CT molecular complexity index is 750. The molecule has 1 atom stereocenters. The number of amides is 1. The van der Waals surface area contributed by atoms with Gasteiger partial charge in [-0.15, -0.1) is 11.3 Å². The van der Waals surface area contributed by atoms with Gasteiger partial charge in [-0.2, -0.15) is 0 Å². The van der Waals surface area contributed by atoms with Crippen LogP contribution in [0, 0.1) is 17.8 Å². The van der Waals surface area contributed by atoms with Crippen molar-refractivity contribution in [1.82, 2.24) is 14.9 Å². The zero-order chi connectivity index (χ0) is 15.7. The molecule has 22 heavy (non-hydrogen) atoms. The van der Waals surface area contributed by atoms with Gasteiger partial charge in [0, 0.05) is 22.8 Å². The monoisotopic (exact) mass is 333 g/mol. The molecule has 6 heteroatoms. The van der Waals surface area contributed by atoms with Crippen LogP contribution in [0.5, 0.6) is 0 Å². The number of rotatable bonds is 3. The van der Waals surface area contributed by atoms with E-state index >= 15 is 0 Å². The Balaban J connectivity index is 1.79. The number of carbonyl (C=O) groups is 1. The molecule has 0 bridgehead atoms. The summed E-state index contributed by atoms with van der Waals surface area (Å²) < 4.78 is 0.735. The van der Waals surface area contributed by atoms with Crippen LogP contribution in [0.3, 0.4) is 0 Å². The number of nitrogens with one attached hydrogen (secondary N) is 1. The van der Waals surface area contributed by atoms with Gasteiger partial charge in [-0.1, -0.05) is 6.07 Å². The molecule has 0 aromatic carbocycles. The average Bonchev–Trinajstić information content (AvgIpc) is 3.06. The summed E-state index contributed by atoms with van der Waals surface area (Å²) in [6.07, 6.45) is 2.45. The summed E-state index contributed by atoms with van der Waals surface area (Å²) in [6.45, 7) is 4.77. The number of aryl methyl sites for hydroxylation is 2. The Morgan fingerprint density at radius 1 is 1.50 bits per heavy atom. The van der Waals surface area contributed by atoms with Crippen molar-refractivity contribution in [3.8, 4) is 0 Å². The van der Waals surface area contributed by atoms with Crippen molar-refractivity contribution < 1.29 is 4.79 Å². The highest BCUT2D eigenvalue weighted by Crippen LogP contribution is 2.31.